The number of carbonyl (C=O) groups is 4. The van der Waals surface area contributed by atoms with Crippen LogP contribution in [0.3, 0.4) is 0 Å². The number of nitrogens with one attached hydrogen (secondary N) is 2. The fourth-order valence-corrected chi connectivity index (χ4v) is 11.4. The van der Waals surface area contributed by atoms with Crippen LogP contribution in [0.5, 0.6) is 11.5 Å². The highest BCUT2D eigenvalue weighted by Gasteiger charge is 2.65. The first kappa shape index (κ1) is 43.0. The van der Waals surface area contributed by atoms with Crippen LogP contribution >= 0.6 is 0 Å². The van der Waals surface area contributed by atoms with Crippen molar-refractivity contribution in [3.05, 3.63) is 41.6 Å². The molecule has 1 aromatic heterocycles. The quantitative estimate of drug-likeness (QED) is 0.275. The summed E-state index contributed by atoms with van der Waals surface area (Å²) in [6.07, 6.45) is 1.05. The third kappa shape index (κ3) is 7.36. The van der Waals surface area contributed by atoms with Gasteiger partial charge in [0.05, 0.1) is 29.5 Å². The minimum absolute atomic E-state index is 0.0304. The molecule has 19 heteroatoms. The molecule has 1 saturated heterocycles. The Morgan fingerprint density at radius 1 is 1.07 bits per heavy atom. The maximum Gasteiger partial charge on any atom is 0.437 e. The Kier molecular flexibility index (Phi) is 10.2. The number of methoxy groups -OCH3 is 1. The average molecular weight is 876 g/mol. The number of halogens is 3. The Labute approximate surface area is 351 Å². The lowest BCUT2D eigenvalue weighted by atomic mass is 9.76. The highest BCUT2D eigenvalue weighted by Crippen LogP contribution is 2.55. The number of fused-ring (bicyclic) bond motifs is 5. The molecule has 0 radical (unpaired) electrons. The van der Waals surface area contributed by atoms with Crippen LogP contribution < -0.4 is 19.5 Å². The molecule has 4 N–H and O–H groups in total. The van der Waals surface area contributed by atoms with Gasteiger partial charge in [0.15, 0.2) is 11.4 Å². The Balaban J connectivity index is 1.24. The van der Waals surface area contributed by atoms with Gasteiger partial charge in [0.2, 0.25) is 21.8 Å². The number of ether oxygens (including phenoxy) is 2. The number of sulfonamides is 1. The number of aliphatic hydroxyl groups is 1. The molecule has 6 aliphatic rings. The number of benzene rings is 1. The normalized spacial score (nSPS) is 32.4. The topological polar surface area (TPSA) is 205 Å². The van der Waals surface area contributed by atoms with Crippen LogP contribution in [-0.4, -0.2) is 104 Å². The molecular weight excluding hydrogens is 824 g/mol. The first-order valence-corrected chi connectivity index (χ1v) is 22.4. The average Bonchev–Trinajstić information content (AvgIpc) is 4.05. The lowest BCUT2D eigenvalue weighted by Crippen LogP contribution is -2.63. The lowest BCUT2D eigenvalue weighted by molar-refractivity contribution is -0.148. The number of pyridine rings is 1. The third-order valence-corrected chi connectivity index (χ3v) is 16.2. The first-order valence-electron chi connectivity index (χ1n) is 20.9. The summed E-state index contributed by atoms with van der Waals surface area (Å²) in [7, 11) is -2.77. The second kappa shape index (κ2) is 14.5. The number of hydrogen-bond donors (Lipinski definition) is 4. The minimum atomic E-state index is -5.08. The molecular formula is C42H52F3N5O10S. The summed E-state index contributed by atoms with van der Waals surface area (Å²) in [6, 6.07) is 1.35. The summed E-state index contributed by atoms with van der Waals surface area (Å²) < 4.78 is 84.2. The van der Waals surface area contributed by atoms with Gasteiger partial charge in [-0.1, -0.05) is 25.0 Å². The fraction of sp³-hybridized carbons (Fsp3) is 0.643. The number of amides is 4. The molecule has 4 amide bonds. The van der Waals surface area contributed by atoms with Crippen molar-refractivity contribution in [2.75, 3.05) is 13.7 Å². The van der Waals surface area contributed by atoms with Crippen LogP contribution in [0.25, 0.3) is 10.9 Å². The Bertz CT molecular complexity index is 2330. The van der Waals surface area contributed by atoms with Gasteiger partial charge < -0.3 is 29.9 Å². The number of carbonyl (C=O) groups excluding carboxylic acids is 3. The molecule has 3 aliphatic carbocycles. The number of nitrogens with zero attached hydrogens (tertiary/aromatic N) is 3. The molecule has 61 heavy (non-hydrogen) atoms. The highest BCUT2D eigenvalue weighted by atomic mass is 32.2. The van der Waals surface area contributed by atoms with Crippen LogP contribution in [0.1, 0.15) is 115 Å². The highest BCUT2D eigenvalue weighted by molar-refractivity contribution is 7.91. The predicted molar refractivity (Wildman–Crippen MR) is 213 cm³/mol. The van der Waals surface area contributed by atoms with E-state index < -0.39 is 116 Å². The zero-order chi connectivity index (χ0) is 44.1. The van der Waals surface area contributed by atoms with Crippen LogP contribution in [-0.2, 0) is 36.2 Å². The molecule has 15 nitrogen and oxygen atoms in total. The van der Waals surface area contributed by atoms with Crippen molar-refractivity contribution in [1.29, 1.82) is 0 Å². The van der Waals surface area contributed by atoms with Crippen molar-refractivity contribution in [2.45, 2.75) is 150 Å². The summed E-state index contributed by atoms with van der Waals surface area (Å²) in [5.74, 6) is -3.78. The molecule has 6 atom stereocenters. The van der Waals surface area contributed by atoms with E-state index in [9.17, 15) is 46.2 Å². The van der Waals surface area contributed by atoms with E-state index in [0.29, 0.717) is 51.4 Å². The molecule has 0 bridgehead atoms. The van der Waals surface area contributed by atoms with Gasteiger partial charge in [-0.15, -0.1) is 0 Å². The van der Waals surface area contributed by atoms with E-state index in [4.69, 9.17) is 9.47 Å². The van der Waals surface area contributed by atoms with Gasteiger partial charge in [-0.3, -0.25) is 24.0 Å². The number of hydrogen-bond acceptors (Lipinski definition) is 10. The van der Waals surface area contributed by atoms with Crippen molar-refractivity contribution >= 4 is 44.7 Å². The molecule has 2 aromatic rings. The van der Waals surface area contributed by atoms with E-state index in [-0.39, 0.29) is 35.1 Å². The van der Waals surface area contributed by atoms with Crippen LogP contribution in [0.4, 0.5) is 18.0 Å². The molecule has 4 heterocycles. The number of aromatic nitrogens is 1. The van der Waals surface area contributed by atoms with E-state index >= 15 is 4.79 Å². The first-order chi connectivity index (χ1) is 28.5. The molecule has 0 unspecified atom stereocenters. The standard InChI is InChI=1S/C42H52F3N5O10S/c1-37(15-10-16-37)50(36(54)55)28-12-9-7-5-6-8-11-24-20-41(24,35(53)48-61(57,58)38(2)17-18-38)47-33(51)29-21-40(23-49(29)34(28)52)22-39(3,56)30-26-19-25(59-4)13-14-27(26)46-32(31(30)60-40)42(43,44)45/h8,11,13-14,19,24,28-29,56H,5-7,9-10,12,15-18,20-23H2,1-4H3,(H,47,51)(H,48,53)(H,54,55)/b11-8-/t24-,28+,29+,39-,40+,41-/m1/s1. The molecule has 3 saturated carbocycles. The molecule has 1 spiro atoms. The van der Waals surface area contributed by atoms with Gasteiger partial charge in [0.1, 0.15) is 29.0 Å². The largest absolute Gasteiger partial charge is 0.497 e. The molecule has 8 rings (SSSR count). The van der Waals surface area contributed by atoms with Crippen LogP contribution in [0, 0.1) is 5.92 Å². The van der Waals surface area contributed by atoms with Gasteiger partial charge in [-0.25, -0.2) is 18.2 Å². The number of rotatable bonds is 6. The molecule has 4 fully saturated rings. The number of allylic oxidation sites excluding steroid dienone is 1. The summed E-state index contributed by atoms with van der Waals surface area (Å²) >= 11 is 0. The zero-order valence-electron chi connectivity index (χ0n) is 34.6. The van der Waals surface area contributed by atoms with E-state index in [1.165, 1.54) is 39.2 Å². The van der Waals surface area contributed by atoms with Crippen LogP contribution in [0.2, 0.25) is 0 Å². The second-order valence-electron chi connectivity index (χ2n) is 18.7. The van der Waals surface area contributed by atoms with Crippen molar-refractivity contribution < 1.29 is 60.5 Å². The maximum atomic E-state index is 15.2. The van der Waals surface area contributed by atoms with Crippen molar-refractivity contribution in [3.8, 4) is 11.5 Å². The molecule has 1 aromatic carbocycles. The lowest BCUT2D eigenvalue weighted by Gasteiger charge is -2.50. The summed E-state index contributed by atoms with van der Waals surface area (Å²) in [6.45, 7) is 4.05. The van der Waals surface area contributed by atoms with Gasteiger partial charge in [0.25, 0.3) is 5.91 Å². The van der Waals surface area contributed by atoms with E-state index in [1.54, 1.807) is 13.0 Å². The fourth-order valence-electron chi connectivity index (χ4n) is 10.1. The Morgan fingerprint density at radius 2 is 1.79 bits per heavy atom. The van der Waals surface area contributed by atoms with Crippen molar-refractivity contribution in [2.24, 2.45) is 5.92 Å². The van der Waals surface area contributed by atoms with Crippen molar-refractivity contribution in [3.63, 3.8) is 0 Å². The smallest absolute Gasteiger partial charge is 0.437 e. The summed E-state index contributed by atoms with van der Waals surface area (Å²) in [4.78, 5) is 63.4. The third-order valence-electron chi connectivity index (χ3n) is 14.1. The van der Waals surface area contributed by atoms with Gasteiger partial charge >= 0.3 is 12.3 Å². The summed E-state index contributed by atoms with van der Waals surface area (Å²) in [5, 5.41) is 25.9. The SMILES string of the molecule is COc1ccc2nc(C(F)(F)F)c3c(c2c1)[C@](C)(O)C[C@]1(C[C@H]2C(=O)N[C@]4(C(=O)NS(=O)(=O)C5(C)CC5)C[C@H]4/C=C\CCCCC[C@H](N(C(=O)O)C4(C)CCC4)C(=O)N2C1)O3. The van der Waals surface area contributed by atoms with Gasteiger partial charge in [-0.2, -0.15) is 13.2 Å². The Hall–Kier alpha value is -4.65. The maximum absolute atomic E-state index is 15.2. The second-order valence-corrected chi connectivity index (χ2v) is 20.9. The number of alkyl halides is 3. The molecule has 332 valence electrons. The molecule has 3 aliphatic heterocycles. The van der Waals surface area contributed by atoms with Crippen LogP contribution in [0.15, 0.2) is 30.4 Å². The summed E-state index contributed by atoms with van der Waals surface area (Å²) in [5.41, 5.74) is -8.33. The predicted octanol–water partition coefficient (Wildman–Crippen LogP) is 5.28. The Morgan fingerprint density at radius 3 is 2.41 bits per heavy atom. The van der Waals surface area contributed by atoms with Crippen molar-refractivity contribution in [1.82, 2.24) is 24.8 Å². The van der Waals surface area contributed by atoms with Gasteiger partial charge in [-0.05, 0) is 96.8 Å². The van der Waals surface area contributed by atoms with E-state index in [2.05, 4.69) is 15.0 Å². The monoisotopic (exact) mass is 875 g/mol. The zero-order valence-corrected chi connectivity index (χ0v) is 35.4. The minimum Gasteiger partial charge on any atom is -0.497 e. The van der Waals surface area contributed by atoms with E-state index in [0.717, 1.165) is 16.2 Å². The van der Waals surface area contributed by atoms with Gasteiger partial charge in [0, 0.05) is 35.2 Å². The van der Waals surface area contributed by atoms with E-state index in [1.807, 2.05) is 6.08 Å². The number of carboxylic acid groups (broad SMARTS) is 1.